The maximum Gasteiger partial charge on any atom is 0.0480 e. The summed E-state index contributed by atoms with van der Waals surface area (Å²) in [5.74, 6) is 0. The number of para-hydroxylation sites is 2. The topological polar surface area (TPSA) is 61.2 Å². The number of benzene rings is 2. The second-order valence-electron chi connectivity index (χ2n) is 6.09. The van der Waals surface area contributed by atoms with Crippen LogP contribution >= 0.6 is 0 Å². The lowest BCUT2D eigenvalue weighted by Crippen LogP contribution is -1.88. The van der Waals surface area contributed by atoms with Crippen LogP contribution in [-0.2, 0) is 19.9 Å². The Labute approximate surface area is 147 Å². The van der Waals surface area contributed by atoms with Crippen LogP contribution in [0.25, 0.3) is 21.8 Å². The molecule has 2 heterocycles. The minimum absolute atomic E-state index is 0.210. The molecule has 0 saturated heterocycles. The molecule has 0 fully saturated rings. The Morgan fingerprint density at radius 1 is 0.840 bits per heavy atom. The zero-order chi connectivity index (χ0) is 17.6. The van der Waals surface area contributed by atoms with Gasteiger partial charge in [-0.2, -0.15) is 0 Å². The van der Waals surface area contributed by atoms with Crippen LogP contribution in [0.4, 0.5) is 0 Å². The Bertz CT molecular complexity index is 953. The van der Waals surface area contributed by atoms with Crippen molar-refractivity contribution in [1.29, 1.82) is 0 Å². The Morgan fingerprint density at radius 3 is 2.24 bits per heavy atom. The van der Waals surface area contributed by atoms with E-state index in [0.29, 0.717) is 0 Å². The van der Waals surface area contributed by atoms with Crippen LogP contribution in [0.15, 0.2) is 60.9 Å². The first-order valence-electron chi connectivity index (χ1n) is 8.54. The van der Waals surface area contributed by atoms with E-state index in [2.05, 4.69) is 33.9 Å². The van der Waals surface area contributed by atoms with E-state index in [0.717, 1.165) is 18.4 Å². The van der Waals surface area contributed by atoms with Crippen LogP contribution in [0.1, 0.15) is 11.1 Å². The smallest absolute Gasteiger partial charge is 0.0480 e. The normalized spacial score (nSPS) is 10.8. The van der Waals surface area contributed by atoms with Crippen molar-refractivity contribution in [3.8, 4) is 0 Å². The van der Waals surface area contributed by atoms with Crippen molar-refractivity contribution in [2.45, 2.75) is 12.8 Å². The average molecular weight is 336 g/mol. The molecule has 0 amide bonds. The summed E-state index contributed by atoms with van der Waals surface area (Å²) in [6.45, 7) is 0.426. The quantitative estimate of drug-likeness (QED) is 0.535. The molecular formula is C21H24N2O2. The van der Waals surface area contributed by atoms with Gasteiger partial charge in [0.25, 0.3) is 0 Å². The number of H-pyrrole nitrogens is 1. The number of nitrogens with one attached hydrogen (secondary N) is 1. The summed E-state index contributed by atoms with van der Waals surface area (Å²) in [6.07, 6.45) is 5.51. The van der Waals surface area contributed by atoms with Crippen molar-refractivity contribution in [3.05, 3.63) is 72.1 Å². The van der Waals surface area contributed by atoms with Gasteiger partial charge < -0.3 is 19.8 Å². The fraction of sp³-hybridized carbons (Fsp3) is 0.238. The minimum atomic E-state index is 0.210. The van der Waals surface area contributed by atoms with Gasteiger partial charge in [0.1, 0.15) is 0 Å². The third-order valence-electron chi connectivity index (χ3n) is 4.42. The largest absolute Gasteiger partial charge is 0.396 e. The number of rotatable bonds is 4. The summed E-state index contributed by atoms with van der Waals surface area (Å²) in [5.41, 5.74) is 4.78. The van der Waals surface area contributed by atoms with E-state index >= 15 is 0 Å². The Morgan fingerprint density at radius 2 is 1.48 bits per heavy atom. The predicted molar refractivity (Wildman–Crippen MR) is 103 cm³/mol. The van der Waals surface area contributed by atoms with Crippen LogP contribution in [0, 0.1) is 0 Å². The summed E-state index contributed by atoms with van der Waals surface area (Å²) in [7, 11) is 2.03. The molecule has 2 aromatic heterocycles. The first kappa shape index (κ1) is 17.3. The number of hydrogen-bond donors (Lipinski definition) is 3. The van der Waals surface area contributed by atoms with Gasteiger partial charge in [-0.1, -0.05) is 36.4 Å². The van der Waals surface area contributed by atoms with Crippen LogP contribution < -0.4 is 0 Å². The highest BCUT2D eigenvalue weighted by Gasteiger charge is 2.04. The molecule has 4 rings (SSSR count). The highest BCUT2D eigenvalue weighted by atomic mass is 16.3. The molecule has 0 atom stereocenters. The van der Waals surface area contributed by atoms with Crippen molar-refractivity contribution in [2.75, 3.05) is 13.2 Å². The van der Waals surface area contributed by atoms with Gasteiger partial charge in [0.05, 0.1) is 0 Å². The third kappa shape index (κ3) is 3.76. The van der Waals surface area contributed by atoms with E-state index in [-0.39, 0.29) is 13.2 Å². The monoisotopic (exact) mass is 336 g/mol. The molecule has 0 aliphatic heterocycles. The molecule has 0 aliphatic carbocycles. The first-order valence-corrected chi connectivity index (χ1v) is 8.54. The van der Waals surface area contributed by atoms with Gasteiger partial charge in [0, 0.05) is 54.5 Å². The van der Waals surface area contributed by atoms with Gasteiger partial charge in [-0.05, 0) is 36.1 Å². The second kappa shape index (κ2) is 8.01. The highest BCUT2D eigenvalue weighted by Crippen LogP contribution is 2.20. The number of aliphatic hydroxyl groups excluding tert-OH is 2. The van der Waals surface area contributed by atoms with E-state index in [1.165, 1.54) is 27.4 Å². The molecule has 130 valence electrons. The molecule has 0 aliphatic rings. The lowest BCUT2D eigenvalue weighted by molar-refractivity contribution is 0.299. The van der Waals surface area contributed by atoms with Gasteiger partial charge in [-0.25, -0.2) is 0 Å². The molecule has 2 aromatic carbocycles. The van der Waals surface area contributed by atoms with Crippen molar-refractivity contribution in [3.63, 3.8) is 0 Å². The number of aromatic amines is 1. The molecule has 0 radical (unpaired) electrons. The van der Waals surface area contributed by atoms with Crippen molar-refractivity contribution in [1.82, 2.24) is 9.55 Å². The highest BCUT2D eigenvalue weighted by molar-refractivity contribution is 5.84. The predicted octanol–water partition coefficient (Wildman–Crippen LogP) is 3.42. The number of fused-ring (bicyclic) bond motifs is 2. The first-order chi connectivity index (χ1) is 12.2. The fourth-order valence-corrected chi connectivity index (χ4v) is 3.20. The lowest BCUT2D eigenvalue weighted by atomic mass is 10.1. The molecule has 0 saturated carbocycles. The number of aryl methyl sites for hydroxylation is 1. The Balaban J connectivity index is 0.000000146. The zero-order valence-electron chi connectivity index (χ0n) is 14.4. The van der Waals surface area contributed by atoms with Gasteiger partial charge in [0.15, 0.2) is 0 Å². The molecule has 25 heavy (non-hydrogen) atoms. The molecule has 3 N–H and O–H groups in total. The maximum atomic E-state index is 8.88. The molecule has 4 aromatic rings. The Kier molecular flexibility index (Phi) is 5.53. The minimum Gasteiger partial charge on any atom is -0.396 e. The maximum absolute atomic E-state index is 8.88. The standard InChI is InChI=1S/C11H13NO.C10H11NO/c1-12-8-9(6-7-13)10-4-2-3-5-11(10)12;12-6-5-8-7-11-10-4-2-1-3-9(8)10/h2-5,8,13H,6-7H2,1H3;1-4,7,11-12H,5-6H2. The Hall–Kier alpha value is -2.56. The molecule has 4 nitrogen and oxygen atoms in total. The number of aromatic nitrogens is 2. The molecule has 0 bridgehead atoms. The van der Waals surface area contributed by atoms with Crippen molar-refractivity contribution >= 4 is 21.8 Å². The summed E-state index contributed by atoms with van der Waals surface area (Å²) < 4.78 is 2.10. The average Bonchev–Trinajstić information content (AvgIpc) is 3.19. The number of nitrogens with zero attached hydrogens (tertiary/aromatic N) is 1. The zero-order valence-corrected chi connectivity index (χ0v) is 14.4. The summed E-state index contributed by atoms with van der Waals surface area (Å²) in [5, 5.41) is 20.1. The van der Waals surface area contributed by atoms with Crippen molar-refractivity contribution < 1.29 is 10.2 Å². The number of aliphatic hydroxyl groups is 2. The van der Waals surface area contributed by atoms with Gasteiger partial charge in [-0.15, -0.1) is 0 Å². The fourth-order valence-electron chi connectivity index (χ4n) is 3.20. The van der Waals surface area contributed by atoms with Gasteiger partial charge in [0.2, 0.25) is 0 Å². The van der Waals surface area contributed by atoms with Crippen LogP contribution in [-0.4, -0.2) is 33.0 Å². The molecule has 0 unspecified atom stereocenters. The van der Waals surface area contributed by atoms with E-state index in [9.17, 15) is 0 Å². The summed E-state index contributed by atoms with van der Waals surface area (Å²) >= 11 is 0. The summed E-state index contributed by atoms with van der Waals surface area (Å²) in [6, 6.07) is 16.4. The second-order valence-corrected chi connectivity index (χ2v) is 6.09. The van der Waals surface area contributed by atoms with E-state index in [1.54, 1.807) is 0 Å². The third-order valence-corrected chi connectivity index (χ3v) is 4.42. The molecule has 4 heteroatoms. The molecular weight excluding hydrogens is 312 g/mol. The van der Waals surface area contributed by atoms with Crippen molar-refractivity contribution in [2.24, 2.45) is 7.05 Å². The van der Waals surface area contributed by atoms with E-state index < -0.39 is 0 Å². The van der Waals surface area contributed by atoms with Gasteiger partial charge in [-0.3, -0.25) is 0 Å². The molecule has 0 spiro atoms. The lowest BCUT2D eigenvalue weighted by Gasteiger charge is -1.94. The van der Waals surface area contributed by atoms with Gasteiger partial charge >= 0.3 is 0 Å². The van der Waals surface area contributed by atoms with Crippen LogP contribution in [0.5, 0.6) is 0 Å². The van der Waals surface area contributed by atoms with E-state index in [4.69, 9.17) is 10.2 Å². The van der Waals surface area contributed by atoms with E-state index in [1.807, 2.05) is 43.6 Å². The number of hydrogen-bond acceptors (Lipinski definition) is 2. The summed E-state index contributed by atoms with van der Waals surface area (Å²) in [4.78, 5) is 3.16. The van der Waals surface area contributed by atoms with Crippen LogP contribution in [0.2, 0.25) is 0 Å². The SMILES string of the molecule is Cn1cc(CCO)c2ccccc21.OCCc1c[nH]c2ccccc12. The van der Waals surface area contributed by atoms with Crippen LogP contribution in [0.3, 0.4) is 0 Å².